The van der Waals surface area contributed by atoms with Crippen molar-refractivity contribution in [3.05, 3.63) is 65.2 Å². The van der Waals surface area contributed by atoms with E-state index in [0.717, 1.165) is 17.7 Å². The van der Waals surface area contributed by atoms with Gasteiger partial charge in [0.1, 0.15) is 6.17 Å². The van der Waals surface area contributed by atoms with E-state index in [1.807, 2.05) is 54.3 Å². The molecular formula is C27H34N4O5. The lowest BCUT2D eigenvalue weighted by atomic mass is 10.1. The Labute approximate surface area is 211 Å². The Bertz CT molecular complexity index is 1080. The standard InChI is InChI=1S/C27H34N4O5/c1-3-35-18-8-13-31-24(22-11-5-6-12-23(22)26(31)33)28-21-10-7-9-20(19-21)25(32)29-14-16-30(17-15-29)27(34)36-4-2/h5-7,9-12,19,24,28H,3-4,8,13-18H2,1-2H3. The van der Waals surface area contributed by atoms with Gasteiger partial charge in [0.15, 0.2) is 0 Å². The third-order valence-corrected chi connectivity index (χ3v) is 6.46. The number of ether oxygens (including phenoxy) is 2. The van der Waals surface area contributed by atoms with Crippen molar-refractivity contribution in [3.8, 4) is 0 Å². The fraction of sp³-hybridized carbons (Fsp3) is 0.444. The average molecular weight is 495 g/mol. The molecule has 9 heteroatoms. The zero-order valence-electron chi connectivity index (χ0n) is 20.9. The van der Waals surface area contributed by atoms with Crippen LogP contribution in [0.5, 0.6) is 0 Å². The summed E-state index contributed by atoms with van der Waals surface area (Å²) in [5.74, 6) is -0.0927. The molecule has 2 aliphatic heterocycles. The number of fused-ring (bicyclic) bond motifs is 1. The number of rotatable bonds is 9. The molecule has 1 N–H and O–H groups in total. The molecule has 0 saturated carbocycles. The smallest absolute Gasteiger partial charge is 0.409 e. The highest BCUT2D eigenvalue weighted by molar-refractivity contribution is 5.99. The number of carbonyl (C=O) groups excluding carboxylic acids is 3. The van der Waals surface area contributed by atoms with Crippen LogP contribution in [0.3, 0.4) is 0 Å². The van der Waals surface area contributed by atoms with E-state index < -0.39 is 0 Å². The van der Waals surface area contributed by atoms with Gasteiger partial charge in [-0.15, -0.1) is 0 Å². The van der Waals surface area contributed by atoms with E-state index in [0.29, 0.717) is 63.7 Å². The second kappa shape index (κ2) is 11.9. The fourth-order valence-electron chi connectivity index (χ4n) is 4.63. The van der Waals surface area contributed by atoms with Crippen molar-refractivity contribution in [2.45, 2.75) is 26.4 Å². The Morgan fingerprint density at radius 1 is 0.972 bits per heavy atom. The van der Waals surface area contributed by atoms with Gasteiger partial charge in [-0.1, -0.05) is 24.3 Å². The minimum Gasteiger partial charge on any atom is -0.450 e. The second-order valence-electron chi connectivity index (χ2n) is 8.74. The molecule has 9 nitrogen and oxygen atoms in total. The molecule has 4 rings (SSSR count). The topological polar surface area (TPSA) is 91.4 Å². The molecule has 2 aromatic rings. The van der Waals surface area contributed by atoms with Gasteiger partial charge in [-0.25, -0.2) is 4.79 Å². The Morgan fingerprint density at radius 2 is 1.72 bits per heavy atom. The van der Waals surface area contributed by atoms with E-state index >= 15 is 0 Å². The van der Waals surface area contributed by atoms with Gasteiger partial charge in [0.25, 0.3) is 11.8 Å². The highest BCUT2D eigenvalue weighted by atomic mass is 16.6. The molecule has 2 heterocycles. The summed E-state index contributed by atoms with van der Waals surface area (Å²) in [6, 6.07) is 15.0. The van der Waals surface area contributed by atoms with Crippen LogP contribution < -0.4 is 5.32 Å². The molecule has 3 amide bonds. The van der Waals surface area contributed by atoms with Crippen molar-refractivity contribution < 1.29 is 23.9 Å². The first-order valence-electron chi connectivity index (χ1n) is 12.6. The van der Waals surface area contributed by atoms with E-state index in [1.165, 1.54) is 0 Å². The van der Waals surface area contributed by atoms with Crippen molar-refractivity contribution in [2.24, 2.45) is 0 Å². The predicted molar refractivity (Wildman–Crippen MR) is 136 cm³/mol. The quantitative estimate of drug-likeness (QED) is 0.536. The number of benzene rings is 2. The highest BCUT2D eigenvalue weighted by Crippen LogP contribution is 2.34. The molecule has 0 bridgehead atoms. The van der Waals surface area contributed by atoms with Crippen LogP contribution in [-0.2, 0) is 9.47 Å². The molecule has 36 heavy (non-hydrogen) atoms. The zero-order valence-corrected chi connectivity index (χ0v) is 20.9. The first-order valence-corrected chi connectivity index (χ1v) is 12.6. The summed E-state index contributed by atoms with van der Waals surface area (Å²) < 4.78 is 10.5. The number of hydrogen-bond acceptors (Lipinski definition) is 6. The van der Waals surface area contributed by atoms with E-state index in [2.05, 4.69) is 5.32 Å². The number of carbonyl (C=O) groups is 3. The van der Waals surface area contributed by atoms with Gasteiger partial charge in [-0.05, 0) is 44.5 Å². The summed E-state index contributed by atoms with van der Waals surface area (Å²) in [6.45, 7) is 7.66. The summed E-state index contributed by atoms with van der Waals surface area (Å²) in [6.07, 6.45) is 0.0731. The molecule has 2 aliphatic rings. The lowest BCUT2D eigenvalue weighted by molar-refractivity contribution is 0.0570. The summed E-state index contributed by atoms with van der Waals surface area (Å²) in [4.78, 5) is 43.5. The third kappa shape index (κ3) is 5.62. The maximum Gasteiger partial charge on any atom is 0.409 e. The minimum atomic E-state index is -0.340. The maximum atomic E-state index is 13.2. The summed E-state index contributed by atoms with van der Waals surface area (Å²) in [5, 5.41) is 3.48. The van der Waals surface area contributed by atoms with E-state index in [9.17, 15) is 14.4 Å². The molecular weight excluding hydrogens is 460 g/mol. The van der Waals surface area contributed by atoms with Gasteiger partial charge in [-0.3, -0.25) is 9.59 Å². The van der Waals surface area contributed by atoms with Crippen molar-refractivity contribution in [1.82, 2.24) is 14.7 Å². The molecule has 1 saturated heterocycles. The van der Waals surface area contributed by atoms with Gasteiger partial charge < -0.3 is 29.5 Å². The summed E-state index contributed by atoms with van der Waals surface area (Å²) >= 11 is 0. The van der Waals surface area contributed by atoms with Crippen molar-refractivity contribution >= 4 is 23.6 Å². The van der Waals surface area contributed by atoms with Crippen LogP contribution in [0.2, 0.25) is 0 Å². The number of anilines is 1. The normalized spacial score (nSPS) is 17.2. The SMILES string of the molecule is CCOCCCN1C(=O)c2ccccc2C1Nc1cccc(C(=O)N2CCN(C(=O)OCC)CC2)c1. The monoisotopic (exact) mass is 494 g/mol. The van der Waals surface area contributed by atoms with Crippen molar-refractivity contribution in [3.63, 3.8) is 0 Å². The average Bonchev–Trinajstić information content (AvgIpc) is 3.17. The molecule has 0 radical (unpaired) electrons. The second-order valence-corrected chi connectivity index (χ2v) is 8.74. The summed E-state index contributed by atoms with van der Waals surface area (Å²) in [5.41, 5.74) is 2.93. The predicted octanol–water partition coefficient (Wildman–Crippen LogP) is 3.59. The lowest BCUT2D eigenvalue weighted by Crippen LogP contribution is -2.50. The molecule has 192 valence electrons. The van der Waals surface area contributed by atoms with Gasteiger partial charge >= 0.3 is 6.09 Å². The largest absolute Gasteiger partial charge is 0.450 e. The van der Waals surface area contributed by atoms with E-state index in [-0.39, 0.29) is 24.1 Å². The van der Waals surface area contributed by atoms with Crippen LogP contribution in [0.25, 0.3) is 0 Å². The van der Waals surface area contributed by atoms with Crippen LogP contribution in [0.1, 0.15) is 52.7 Å². The minimum absolute atomic E-state index is 0.00806. The maximum absolute atomic E-state index is 13.2. The van der Waals surface area contributed by atoms with Gasteiger partial charge in [0, 0.05) is 68.3 Å². The van der Waals surface area contributed by atoms with Crippen LogP contribution in [0.4, 0.5) is 10.5 Å². The first-order chi connectivity index (χ1) is 17.5. The molecule has 0 aliphatic carbocycles. The number of piperazine rings is 1. The number of hydrogen-bond donors (Lipinski definition) is 1. The van der Waals surface area contributed by atoms with Crippen LogP contribution in [-0.4, -0.2) is 85.2 Å². The molecule has 1 fully saturated rings. The molecule has 1 atom stereocenters. The summed E-state index contributed by atoms with van der Waals surface area (Å²) in [7, 11) is 0. The molecule has 2 aromatic carbocycles. The fourth-order valence-corrected chi connectivity index (χ4v) is 4.63. The van der Waals surface area contributed by atoms with Crippen LogP contribution >= 0.6 is 0 Å². The Hall–Kier alpha value is -3.59. The van der Waals surface area contributed by atoms with Gasteiger partial charge in [-0.2, -0.15) is 0 Å². The van der Waals surface area contributed by atoms with E-state index in [1.54, 1.807) is 22.8 Å². The van der Waals surface area contributed by atoms with Crippen molar-refractivity contribution in [2.75, 3.05) is 57.9 Å². The number of nitrogens with one attached hydrogen (secondary N) is 1. The van der Waals surface area contributed by atoms with Gasteiger partial charge in [0.05, 0.1) is 6.61 Å². The van der Waals surface area contributed by atoms with Gasteiger partial charge in [0.2, 0.25) is 0 Å². The Morgan fingerprint density at radius 3 is 2.47 bits per heavy atom. The van der Waals surface area contributed by atoms with Crippen LogP contribution in [0, 0.1) is 0 Å². The highest BCUT2D eigenvalue weighted by Gasteiger charge is 2.36. The van der Waals surface area contributed by atoms with E-state index in [4.69, 9.17) is 9.47 Å². The Kier molecular flexibility index (Phi) is 8.43. The lowest BCUT2D eigenvalue weighted by Gasteiger charge is -2.34. The molecule has 0 aromatic heterocycles. The molecule has 0 spiro atoms. The zero-order chi connectivity index (χ0) is 25.5. The first kappa shape index (κ1) is 25.5. The number of amides is 3. The van der Waals surface area contributed by atoms with Crippen molar-refractivity contribution in [1.29, 1.82) is 0 Å². The molecule has 1 unspecified atom stereocenters. The Balaban J connectivity index is 1.45. The third-order valence-electron chi connectivity index (χ3n) is 6.46. The number of nitrogens with zero attached hydrogens (tertiary/aromatic N) is 3. The van der Waals surface area contributed by atoms with Crippen LogP contribution in [0.15, 0.2) is 48.5 Å².